The van der Waals surface area contributed by atoms with Crippen LogP contribution in [0.25, 0.3) is 22.2 Å². The third-order valence-electron chi connectivity index (χ3n) is 5.49. The van der Waals surface area contributed by atoms with Gasteiger partial charge in [-0.2, -0.15) is 0 Å². The molecule has 2 N–H and O–H groups in total. The molecule has 0 spiro atoms. The Morgan fingerprint density at radius 1 is 0.944 bits per heavy atom. The second-order valence-corrected chi connectivity index (χ2v) is 7.93. The molecule has 0 bridgehead atoms. The minimum atomic E-state index is -0.439. The summed E-state index contributed by atoms with van der Waals surface area (Å²) < 4.78 is 7.97. The van der Waals surface area contributed by atoms with E-state index in [-0.39, 0.29) is 5.69 Å². The summed E-state index contributed by atoms with van der Waals surface area (Å²) in [6, 6.07) is 21.0. The van der Waals surface area contributed by atoms with Gasteiger partial charge >= 0.3 is 0 Å². The minimum absolute atomic E-state index is 0.195. The summed E-state index contributed by atoms with van der Waals surface area (Å²) in [6.07, 6.45) is 5.07. The van der Waals surface area contributed by atoms with Crippen molar-refractivity contribution in [2.24, 2.45) is 7.05 Å². The summed E-state index contributed by atoms with van der Waals surface area (Å²) in [7, 11) is 1.96. The van der Waals surface area contributed by atoms with Crippen molar-refractivity contribution in [1.29, 1.82) is 0 Å². The highest BCUT2D eigenvalue weighted by molar-refractivity contribution is 5.91. The Morgan fingerprint density at radius 2 is 1.78 bits per heavy atom. The largest absolute Gasteiger partial charge is 0.457 e. The first-order valence-corrected chi connectivity index (χ1v) is 11.4. The second-order valence-electron chi connectivity index (χ2n) is 7.93. The summed E-state index contributed by atoms with van der Waals surface area (Å²) >= 11 is 0. The Labute approximate surface area is 207 Å². The third kappa shape index (κ3) is 5.01. The van der Waals surface area contributed by atoms with Crippen molar-refractivity contribution in [2.45, 2.75) is 6.92 Å². The number of amides is 1. The Balaban J connectivity index is 1.36. The van der Waals surface area contributed by atoms with Gasteiger partial charge in [-0.3, -0.25) is 19.6 Å². The van der Waals surface area contributed by atoms with Gasteiger partial charge in [-0.15, -0.1) is 0 Å². The van der Waals surface area contributed by atoms with Crippen LogP contribution in [0.1, 0.15) is 17.4 Å². The molecule has 1 amide bonds. The third-order valence-corrected chi connectivity index (χ3v) is 5.49. The number of carbonyl (C=O) groups is 1. The number of pyridine rings is 2. The van der Waals surface area contributed by atoms with E-state index in [1.54, 1.807) is 31.5 Å². The van der Waals surface area contributed by atoms with Crippen LogP contribution in [0, 0.1) is 0 Å². The lowest BCUT2D eigenvalue weighted by molar-refractivity contribution is 0.0359. The number of rotatable bonds is 8. The standard InChI is InChI=1S/C27H24N6O3/c1-3-35-32-26(34)24-17-22(11-14-29-24)36-21-7-8-25-23(16-21)31-27(33(25)2)30-20-6-4-5-19(15-20)18-9-12-28-13-10-18/h4-17H,3H2,1-2H3,(H,30,31)(H,32,34). The summed E-state index contributed by atoms with van der Waals surface area (Å²) in [4.78, 5) is 30.0. The van der Waals surface area contributed by atoms with Crippen LogP contribution >= 0.6 is 0 Å². The van der Waals surface area contributed by atoms with Crippen LogP contribution < -0.4 is 15.5 Å². The van der Waals surface area contributed by atoms with Gasteiger partial charge in [0.1, 0.15) is 17.2 Å². The van der Waals surface area contributed by atoms with Crippen LogP contribution in [-0.2, 0) is 11.9 Å². The predicted octanol–water partition coefficient (Wildman–Crippen LogP) is 5.25. The van der Waals surface area contributed by atoms with Crippen molar-refractivity contribution in [1.82, 2.24) is 25.0 Å². The molecule has 180 valence electrons. The van der Waals surface area contributed by atoms with E-state index in [9.17, 15) is 4.79 Å². The number of nitrogens with one attached hydrogen (secondary N) is 2. The number of hydrogen-bond acceptors (Lipinski definition) is 7. The highest BCUT2D eigenvalue weighted by Gasteiger charge is 2.12. The van der Waals surface area contributed by atoms with Gasteiger partial charge in [0.05, 0.1) is 17.6 Å². The first-order valence-electron chi connectivity index (χ1n) is 11.4. The molecule has 0 saturated heterocycles. The predicted molar refractivity (Wildman–Crippen MR) is 137 cm³/mol. The zero-order valence-corrected chi connectivity index (χ0v) is 19.8. The fraction of sp³-hybridized carbons (Fsp3) is 0.111. The van der Waals surface area contributed by atoms with E-state index in [1.807, 2.05) is 54.1 Å². The molecule has 3 aromatic heterocycles. The first kappa shape index (κ1) is 23.0. The molecule has 0 radical (unpaired) electrons. The van der Waals surface area contributed by atoms with Crippen molar-refractivity contribution in [3.63, 3.8) is 0 Å². The van der Waals surface area contributed by atoms with E-state index < -0.39 is 5.91 Å². The number of fused-ring (bicyclic) bond motifs is 1. The fourth-order valence-electron chi connectivity index (χ4n) is 3.73. The molecule has 9 heteroatoms. The van der Waals surface area contributed by atoms with Gasteiger partial charge in [0.2, 0.25) is 5.95 Å². The SMILES string of the molecule is CCONC(=O)c1cc(Oc2ccc3c(c2)nc(Nc2cccc(-c4ccncc4)c2)n3C)ccn1. The molecule has 9 nitrogen and oxygen atoms in total. The maximum absolute atomic E-state index is 12.1. The number of hydrogen-bond donors (Lipinski definition) is 2. The van der Waals surface area contributed by atoms with Crippen LogP contribution in [0.5, 0.6) is 11.5 Å². The van der Waals surface area contributed by atoms with E-state index in [0.29, 0.717) is 24.1 Å². The Hall–Kier alpha value is -4.76. The number of aryl methyl sites for hydroxylation is 1. The van der Waals surface area contributed by atoms with Crippen LogP contribution in [0.3, 0.4) is 0 Å². The van der Waals surface area contributed by atoms with Crippen LogP contribution in [0.15, 0.2) is 85.3 Å². The van der Waals surface area contributed by atoms with E-state index in [4.69, 9.17) is 14.6 Å². The number of anilines is 2. The van der Waals surface area contributed by atoms with Crippen molar-refractivity contribution in [2.75, 3.05) is 11.9 Å². The van der Waals surface area contributed by atoms with Gasteiger partial charge in [0, 0.05) is 43.5 Å². The average molecular weight is 481 g/mol. The second kappa shape index (κ2) is 10.2. The molecule has 2 aromatic carbocycles. The highest BCUT2D eigenvalue weighted by Crippen LogP contribution is 2.29. The molecule has 5 aromatic rings. The molecular formula is C27H24N6O3. The quantitative estimate of drug-likeness (QED) is 0.293. The molecule has 0 aliphatic rings. The number of imidazole rings is 1. The van der Waals surface area contributed by atoms with Crippen molar-refractivity contribution >= 4 is 28.6 Å². The number of ether oxygens (including phenoxy) is 1. The summed E-state index contributed by atoms with van der Waals surface area (Å²) in [5.41, 5.74) is 7.34. The van der Waals surface area contributed by atoms with Crippen LogP contribution in [0.2, 0.25) is 0 Å². The molecular weight excluding hydrogens is 456 g/mol. The molecule has 0 saturated carbocycles. The molecule has 0 aliphatic heterocycles. The van der Waals surface area contributed by atoms with Gasteiger partial charge in [-0.05, 0) is 60.5 Å². The molecule has 0 atom stereocenters. The smallest absolute Gasteiger partial charge is 0.293 e. The van der Waals surface area contributed by atoms with Gasteiger partial charge < -0.3 is 14.6 Å². The van der Waals surface area contributed by atoms with Crippen molar-refractivity contribution < 1.29 is 14.4 Å². The Kier molecular flexibility index (Phi) is 6.55. The molecule has 0 aliphatic carbocycles. The van der Waals surface area contributed by atoms with E-state index in [0.717, 1.165) is 27.8 Å². The van der Waals surface area contributed by atoms with E-state index >= 15 is 0 Å². The maximum Gasteiger partial charge on any atom is 0.293 e. The number of hydroxylamine groups is 1. The lowest BCUT2D eigenvalue weighted by Gasteiger charge is -2.09. The van der Waals surface area contributed by atoms with Gasteiger partial charge in [0.25, 0.3) is 5.91 Å². The number of nitrogens with zero attached hydrogens (tertiary/aromatic N) is 4. The lowest BCUT2D eigenvalue weighted by atomic mass is 10.1. The topological polar surface area (TPSA) is 103 Å². The fourth-order valence-corrected chi connectivity index (χ4v) is 3.73. The number of carbonyl (C=O) groups excluding carboxylic acids is 1. The number of benzene rings is 2. The summed E-state index contributed by atoms with van der Waals surface area (Å²) in [5, 5.41) is 3.41. The van der Waals surface area contributed by atoms with Crippen molar-refractivity contribution in [3.8, 4) is 22.6 Å². The Bertz CT molecular complexity index is 1520. The normalized spacial score (nSPS) is 10.8. The summed E-state index contributed by atoms with van der Waals surface area (Å²) in [5.74, 6) is 1.33. The highest BCUT2D eigenvalue weighted by atomic mass is 16.6. The lowest BCUT2D eigenvalue weighted by Crippen LogP contribution is -2.24. The zero-order valence-electron chi connectivity index (χ0n) is 19.8. The molecule has 0 fully saturated rings. The number of aromatic nitrogens is 4. The van der Waals surface area contributed by atoms with Gasteiger partial charge in [-0.25, -0.2) is 10.5 Å². The van der Waals surface area contributed by atoms with E-state index in [2.05, 4.69) is 32.9 Å². The molecule has 5 rings (SSSR count). The molecule has 0 unspecified atom stereocenters. The minimum Gasteiger partial charge on any atom is -0.457 e. The average Bonchev–Trinajstić information content (AvgIpc) is 3.22. The van der Waals surface area contributed by atoms with E-state index in [1.165, 1.54) is 6.20 Å². The van der Waals surface area contributed by atoms with Crippen LogP contribution in [0.4, 0.5) is 11.6 Å². The monoisotopic (exact) mass is 480 g/mol. The zero-order chi connectivity index (χ0) is 24.9. The Morgan fingerprint density at radius 3 is 2.61 bits per heavy atom. The first-order chi connectivity index (χ1) is 17.6. The molecule has 3 heterocycles. The molecule has 36 heavy (non-hydrogen) atoms. The van der Waals surface area contributed by atoms with Crippen molar-refractivity contribution in [3.05, 3.63) is 91.0 Å². The van der Waals surface area contributed by atoms with Crippen LogP contribution in [-0.4, -0.2) is 32.0 Å². The maximum atomic E-state index is 12.1. The van der Waals surface area contributed by atoms with Gasteiger partial charge in [0.15, 0.2) is 0 Å². The van der Waals surface area contributed by atoms with Gasteiger partial charge in [-0.1, -0.05) is 12.1 Å². The summed E-state index contributed by atoms with van der Waals surface area (Å²) in [6.45, 7) is 2.14.